The van der Waals surface area contributed by atoms with Crippen LogP contribution in [0.5, 0.6) is 5.75 Å². The maximum Gasteiger partial charge on any atom is 0.133 e. The summed E-state index contributed by atoms with van der Waals surface area (Å²) in [6.07, 6.45) is 0. The van der Waals surface area contributed by atoms with E-state index in [9.17, 15) is 5.11 Å². The van der Waals surface area contributed by atoms with Crippen molar-refractivity contribution in [2.45, 2.75) is 0 Å². The number of aromatic amines is 1. The largest absolute Gasteiger partial charge is 0.507 e. The quantitative estimate of drug-likeness (QED) is 0.586. The molecule has 4 rings (SSSR count). The summed E-state index contributed by atoms with van der Waals surface area (Å²) in [7, 11) is 0. The van der Waals surface area contributed by atoms with Gasteiger partial charge in [0.25, 0.3) is 0 Å². The van der Waals surface area contributed by atoms with E-state index < -0.39 is 0 Å². The summed E-state index contributed by atoms with van der Waals surface area (Å²) in [4.78, 5) is 0. The van der Waals surface area contributed by atoms with Gasteiger partial charge < -0.3 is 5.11 Å². The molecule has 0 aliphatic carbocycles. The molecule has 0 amide bonds. The summed E-state index contributed by atoms with van der Waals surface area (Å²) in [6.45, 7) is 0. The third kappa shape index (κ3) is 1.93. The number of phenolic OH excluding ortho intramolecular Hbond substituents is 1. The topological polar surface area (TPSA) is 61.8 Å². The van der Waals surface area contributed by atoms with Gasteiger partial charge in [-0.25, -0.2) is 0 Å². The fourth-order valence-electron chi connectivity index (χ4n) is 2.69. The normalized spacial score (nSPS) is 10.9. The lowest BCUT2D eigenvalue weighted by Gasteiger charge is -2.11. The van der Waals surface area contributed by atoms with Crippen LogP contribution in [0.25, 0.3) is 33.3 Å². The summed E-state index contributed by atoms with van der Waals surface area (Å²) >= 11 is 0. The smallest absolute Gasteiger partial charge is 0.133 e. The zero-order valence-corrected chi connectivity index (χ0v) is 11.7. The van der Waals surface area contributed by atoms with E-state index in [0.29, 0.717) is 11.1 Å². The number of nitrogens with zero attached hydrogens (tertiary/aromatic N) is 2. The molecule has 2 N–H and O–H groups in total. The molecule has 1 aromatic heterocycles. The molecule has 22 heavy (non-hydrogen) atoms. The minimum Gasteiger partial charge on any atom is -0.507 e. The van der Waals surface area contributed by atoms with Gasteiger partial charge in [0.1, 0.15) is 16.8 Å². The monoisotopic (exact) mass is 287 g/mol. The van der Waals surface area contributed by atoms with Crippen molar-refractivity contribution in [1.29, 1.82) is 0 Å². The first-order valence-corrected chi connectivity index (χ1v) is 7.02. The average Bonchev–Trinajstić information content (AvgIpc) is 3.04. The Labute approximate surface area is 127 Å². The summed E-state index contributed by atoms with van der Waals surface area (Å²) in [5.41, 5.74) is 4.71. The number of nitrogens with one attached hydrogen (secondary N) is 1. The Kier molecular flexibility index (Phi) is 2.86. The Balaban J connectivity index is 2.07. The predicted octanol–water partition coefficient (Wildman–Crippen LogP) is 4.00. The number of fused-ring (bicyclic) bond motifs is 1. The van der Waals surface area contributed by atoms with Crippen molar-refractivity contribution < 1.29 is 5.11 Å². The summed E-state index contributed by atoms with van der Waals surface area (Å²) in [5.74, 6) is 0.221. The maximum atomic E-state index is 10.8. The molecule has 0 saturated heterocycles. The van der Waals surface area contributed by atoms with Crippen LogP contribution < -0.4 is 0 Å². The second-order valence-corrected chi connectivity index (χ2v) is 5.07. The van der Waals surface area contributed by atoms with Crippen LogP contribution in [0.2, 0.25) is 0 Å². The Morgan fingerprint density at radius 1 is 0.773 bits per heavy atom. The first kappa shape index (κ1) is 12.6. The van der Waals surface area contributed by atoms with Crippen molar-refractivity contribution in [1.82, 2.24) is 15.4 Å². The van der Waals surface area contributed by atoms with Crippen molar-refractivity contribution in [3.05, 3.63) is 66.7 Å². The third-order valence-electron chi connectivity index (χ3n) is 3.73. The van der Waals surface area contributed by atoms with Crippen LogP contribution in [0.3, 0.4) is 0 Å². The van der Waals surface area contributed by atoms with Gasteiger partial charge in [-0.2, -0.15) is 15.4 Å². The first-order chi connectivity index (χ1) is 10.8. The predicted molar refractivity (Wildman–Crippen MR) is 86.4 cm³/mol. The minimum absolute atomic E-state index is 0.221. The van der Waals surface area contributed by atoms with Crippen molar-refractivity contribution in [3.8, 4) is 28.0 Å². The van der Waals surface area contributed by atoms with Crippen molar-refractivity contribution in [2.75, 3.05) is 0 Å². The summed E-state index contributed by atoms with van der Waals surface area (Å²) in [5, 5.41) is 21.9. The molecule has 0 saturated carbocycles. The highest BCUT2D eigenvalue weighted by molar-refractivity contribution is 6.00. The van der Waals surface area contributed by atoms with Gasteiger partial charge in [-0.05, 0) is 17.2 Å². The Morgan fingerprint density at radius 2 is 1.41 bits per heavy atom. The van der Waals surface area contributed by atoms with Crippen LogP contribution in [0.1, 0.15) is 0 Å². The fraction of sp³-hybridized carbons (Fsp3) is 0. The zero-order chi connectivity index (χ0) is 14.9. The molecule has 0 unspecified atom stereocenters. The van der Waals surface area contributed by atoms with Gasteiger partial charge in [0.05, 0.1) is 5.56 Å². The summed E-state index contributed by atoms with van der Waals surface area (Å²) < 4.78 is 0. The number of aromatic hydroxyl groups is 1. The number of aromatic nitrogens is 3. The number of phenols is 1. The van der Waals surface area contributed by atoms with Gasteiger partial charge in [0, 0.05) is 5.56 Å². The van der Waals surface area contributed by atoms with Crippen molar-refractivity contribution in [3.63, 3.8) is 0 Å². The van der Waals surface area contributed by atoms with Gasteiger partial charge in [-0.3, -0.25) is 0 Å². The van der Waals surface area contributed by atoms with Gasteiger partial charge in [-0.1, -0.05) is 60.7 Å². The second kappa shape index (κ2) is 5.00. The molecule has 3 aromatic carbocycles. The summed E-state index contributed by atoms with van der Waals surface area (Å²) in [6, 6.07) is 21.4. The molecule has 0 radical (unpaired) electrons. The van der Waals surface area contributed by atoms with Crippen LogP contribution in [0, 0.1) is 0 Å². The van der Waals surface area contributed by atoms with Crippen molar-refractivity contribution >= 4 is 11.0 Å². The third-order valence-corrected chi connectivity index (χ3v) is 3.73. The number of hydrogen-bond acceptors (Lipinski definition) is 3. The fourth-order valence-corrected chi connectivity index (χ4v) is 2.69. The van der Waals surface area contributed by atoms with Crippen LogP contribution in [-0.4, -0.2) is 20.5 Å². The molecule has 4 nitrogen and oxygen atoms in total. The van der Waals surface area contributed by atoms with Crippen molar-refractivity contribution in [2.24, 2.45) is 0 Å². The number of rotatable bonds is 2. The van der Waals surface area contributed by atoms with E-state index in [4.69, 9.17) is 0 Å². The molecule has 0 fully saturated rings. The lowest BCUT2D eigenvalue weighted by Crippen LogP contribution is -1.87. The van der Waals surface area contributed by atoms with E-state index in [1.165, 1.54) is 0 Å². The Hall–Kier alpha value is -3.14. The maximum absolute atomic E-state index is 10.8. The van der Waals surface area contributed by atoms with Gasteiger partial charge >= 0.3 is 0 Å². The molecule has 0 spiro atoms. The second-order valence-electron chi connectivity index (χ2n) is 5.07. The van der Waals surface area contributed by atoms with Crippen LogP contribution in [-0.2, 0) is 0 Å². The van der Waals surface area contributed by atoms with Gasteiger partial charge in [0.2, 0.25) is 0 Å². The van der Waals surface area contributed by atoms with E-state index in [-0.39, 0.29) is 5.75 Å². The molecular weight excluding hydrogens is 274 g/mol. The van der Waals surface area contributed by atoms with Crippen LogP contribution >= 0.6 is 0 Å². The molecule has 0 aliphatic heterocycles. The molecule has 106 valence electrons. The van der Waals surface area contributed by atoms with E-state index in [0.717, 1.165) is 22.2 Å². The SMILES string of the molecule is Oc1c(-c2ccccc2)cc2n[nH]nc2c1-c1ccccc1. The van der Waals surface area contributed by atoms with Crippen LogP contribution in [0.15, 0.2) is 66.7 Å². The molecule has 0 atom stereocenters. The Bertz CT molecular complexity index is 931. The zero-order valence-electron chi connectivity index (χ0n) is 11.7. The molecule has 4 heteroatoms. The highest BCUT2D eigenvalue weighted by atomic mass is 16.3. The first-order valence-electron chi connectivity index (χ1n) is 7.02. The van der Waals surface area contributed by atoms with E-state index in [1.54, 1.807) is 0 Å². The van der Waals surface area contributed by atoms with E-state index in [2.05, 4.69) is 15.4 Å². The minimum atomic E-state index is 0.221. The molecule has 4 aromatic rings. The highest BCUT2D eigenvalue weighted by Gasteiger charge is 2.17. The standard InChI is InChI=1S/C18H13N3O/c22-18-14(12-7-3-1-4-8-12)11-15-17(20-21-19-15)16(18)13-9-5-2-6-10-13/h1-11,22H,(H,19,20,21). The molecule has 0 aliphatic rings. The average molecular weight is 287 g/mol. The lowest BCUT2D eigenvalue weighted by atomic mass is 9.96. The van der Waals surface area contributed by atoms with Crippen LogP contribution in [0.4, 0.5) is 0 Å². The lowest BCUT2D eigenvalue weighted by molar-refractivity contribution is 0.480. The van der Waals surface area contributed by atoms with Gasteiger partial charge in [-0.15, -0.1) is 0 Å². The van der Waals surface area contributed by atoms with E-state index in [1.807, 2.05) is 66.7 Å². The number of hydrogen-bond donors (Lipinski definition) is 2. The number of benzene rings is 3. The molecule has 0 bridgehead atoms. The highest BCUT2D eigenvalue weighted by Crippen LogP contribution is 2.42. The number of H-pyrrole nitrogens is 1. The molecular formula is C18H13N3O. The molecule has 1 heterocycles. The Morgan fingerprint density at radius 3 is 2.09 bits per heavy atom. The van der Waals surface area contributed by atoms with Gasteiger partial charge in [0.15, 0.2) is 0 Å². The van der Waals surface area contributed by atoms with E-state index >= 15 is 0 Å².